The van der Waals surface area contributed by atoms with Crippen molar-refractivity contribution in [2.24, 2.45) is 0 Å². The van der Waals surface area contributed by atoms with Gasteiger partial charge in [0.15, 0.2) is 0 Å². The zero-order valence-corrected chi connectivity index (χ0v) is 9.60. The number of anilines is 2. The molecule has 0 bridgehead atoms. The lowest BCUT2D eigenvalue weighted by molar-refractivity contribution is -0.120. The molecule has 0 aromatic heterocycles. The van der Waals surface area contributed by atoms with Gasteiger partial charge in [-0.05, 0) is 12.1 Å². The fourth-order valence-corrected chi connectivity index (χ4v) is 1.20. The highest BCUT2D eigenvalue weighted by Gasteiger charge is 2.06. The molecule has 0 fully saturated rings. The van der Waals surface area contributed by atoms with Crippen LogP contribution in [0.5, 0.6) is 5.75 Å². The minimum atomic E-state index is -0.324. The van der Waals surface area contributed by atoms with E-state index >= 15 is 0 Å². The zero-order chi connectivity index (χ0) is 12.7. The number of benzene rings is 1. The molecule has 0 radical (unpaired) electrons. The number of hydrogen-bond acceptors (Lipinski definition) is 5. The summed E-state index contributed by atoms with van der Waals surface area (Å²) >= 11 is 0. The first kappa shape index (κ1) is 13.3. The minimum Gasteiger partial charge on any atom is -0.497 e. The van der Waals surface area contributed by atoms with Crippen molar-refractivity contribution < 1.29 is 19.4 Å². The standard InChI is InChI=1S/C11H16N2O4/c1-16-8-2-3-10(9(12)6-8)13-11(15)7-17-5-4-14/h2-3,6,14H,4-5,7,12H2,1H3,(H,13,15). The minimum absolute atomic E-state index is 0.113. The van der Waals surface area contributed by atoms with E-state index in [0.29, 0.717) is 17.1 Å². The van der Waals surface area contributed by atoms with Crippen LogP contribution in [-0.4, -0.2) is 37.9 Å². The Labute approximate surface area is 99.3 Å². The van der Waals surface area contributed by atoms with Gasteiger partial charge in [-0.25, -0.2) is 0 Å². The van der Waals surface area contributed by atoms with Gasteiger partial charge < -0.3 is 25.6 Å². The SMILES string of the molecule is COc1ccc(NC(=O)COCCO)c(N)c1. The third-order valence-corrected chi connectivity index (χ3v) is 2.00. The monoisotopic (exact) mass is 240 g/mol. The lowest BCUT2D eigenvalue weighted by Gasteiger charge is -2.09. The number of nitrogens with two attached hydrogens (primary N) is 1. The second-order valence-corrected chi connectivity index (χ2v) is 3.28. The Morgan fingerprint density at radius 3 is 2.88 bits per heavy atom. The van der Waals surface area contributed by atoms with E-state index in [4.69, 9.17) is 20.3 Å². The molecule has 0 aliphatic carbocycles. The Bertz CT molecular complexity index is 382. The number of nitrogen functional groups attached to an aromatic ring is 1. The van der Waals surface area contributed by atoms with E-state index in [1.54, 1.807) is 18.2 Å². The van der Waals surface area contributed by atoms with Crippen LogP contribution in [0.1, 0.15) is 0 Å². The van der Waals surface area contributed by atoms with Crippen LogP contribution >= 0.6 is 0 Å². The second kappa shape index (κ2) is 6.72. The van der Waals surface area contributed by atoms with Crippen molar-refractivity contribution in [2.45, 2.75) is 0 Å². The Hall–Kier alpha value is -1.79. The third kappa shape index (κ3) is 4.29. The molecule has 1 amide bonds. The summed E-state index contributed by atoms with van der Waals surface area (Å²) in [7, 11) is 1.54. The summed E-state index contributed by atoms with van der Waals surface area (Å²) in [6, 6.07) is 4.96. The zero-order valence-electron chi connectivity index (χ0n) is 9.60. The molecule has 6 nitrogen and oxygen atoms in total. The number of carbonyl (C=O) groups excluding carboxylic acids is 1. The molecule has 17 heavy (non-hydrogen) atoms. The topological polar surface area (TPSA) is 93.8 Å². The summed E-state index contributed by atoms with van der Waals surface area (Å²) in [5.74, 6) is 0.298. The van der Waals surface area contributed by atoms with Gasteiger partial charge in [0.1, 0.15) is 12.4 Å². The highest BCUT2D eigenvalue weighted by molar-refractivity contribution is 5.94. The van der Waals surface area contributed by atoms with E-state index in [1.807, 2.05) is 0 Å². The summed E-state index contributed by atoms with van der Waals surface area (Å²) in [6.45, 7) is -0.102. The van der Waals surface area contributed by atoms with E-state index < -0.39 is 0 Å². The normalized spacial score (nSPS) is 10.0. The van der Waals surface area contributed by atoms with Crippen molar-refractivity contribution in [3.05, 3.63) is 18.2 Å². The average Bonchev–Trinajstić information content (AvgIpc) is 2.32. The first-order chi connectivity index (χ1) is 8.17. The lowest BCUT2D eigenvalue weighted by atomic mass is 10.2. The van der Waals surface area contributed by atoms with Crippen LogP contribution in [0.15, 0.2) is 18.2 Å². The Morgan fingerprint density at radius 2 is 2.29 bits per heavy atom. The molecule has 1 rings (SSSR count). The summed E-state index contributed by atoms with van der Waals surface area (Å²) in [6.07, 6.45) is 0. The van der Waals surface area contributed by atoms with Crippen LogP contribution in [0.3, 0.4) is 0 Å². The molecule has 0 aliphatic rings. The molecule has 0 saturated heterocycles. The van der Waals surface area contributed by atoms with Crippen molar-refractivity contribution in [1.82, 2.24) is 0 Å². The van der Waals surface area contributed by atoms with Gasteiger partial charge in [-0.2, -0.15) is 0 Å². The van der Waals surface area contributed by atoms with Crippen molar-refractivity contribution in [3.63, 3.8) is 0 Å². The van der Waals surface area contributed by atoms with E-state index in [1.165, 1.54) is 7.11 Å². The first-order valence-electron chi connectivity index (χ1n) is 5.09. The smallest absolute Gasteiger partial charge is 0.250 e. The maximum absolute atomic E-state index is 11.4. The molecule has 4 N–H and O–H groups in total. The number of carbonyl (C=O) groups is 1. The number of aliphatic hydroxyl groups is 1. The third-order valence-electron chi connectivity index (χ3n) is 2.00. The maximum Gasteiger partial charge on any atom is 0.250 e. The van der Waals surface area contributed by atoms with E-state index in [2.05, 4.69) is 5.32 Å². The van der Waals surface area contributed by atoms with Crippen LogP contribution in [0.25, 0.3) is 0 Å². The molecule has 0 aliphatic heterocycles. The van der Waals surface area contributed by atoms with Gasteiger partial charge >= 0.3 is 0 Å². The number of nitrogens with one attached hydrogen (secondary N) is 1. The predicted molar refractivity (Wildman–Crippen MR) is 63.9 cm³/mol. The summed E-state index contributed by atoms with van der Waals surface area (Å²) in [5, 5.41) is 11.1. The van der Waals surface area contributed by atoms with Crippen molar-refractivity contribution >= 4 is 17.3 Å². The first-order valence-corrected chi connectivity index (χ1v) is 5.09. The molecule has 94 valence electrons. The lowest BCUT2D eigenvalue weighted by Crippen LogP contribution is -2.20. The van der Waals surface area contributed by atoms with Crippen molar-refractivity contribution in [2.75, 3.05) is 38.0 Å². The molecule has 0 spiro atoms. The average molecular weight is 240 g/mol. The van der Waals surface area contributed by atoms with Crippen LogP contribution in [0, 0.1) is 0 Å². The molecule has 0 heterocycles. The quantitative estimate of drug-likeness (QED) is 0.488. The number of aliphatic hydroxyl groups excluding tert-OH is 1. The largest absolute Gasteiger partial charge is 0.497 e. The molecule has 0 unspecified atom stereocenters. The number of rotatable bonds is 6. The summed E-state index contributed by atoms with van der Waals surface area (Å²) in [5.41, 5.74) is 6.64. The van der Waals surface area contributed by atoms with Gasteiger partial charge in [-0.1, -0.05) is 0 Å². The van der Waals surface area contributed by atoms with Gasteiger partial charge in [0.25, 0.3) is 0 Å². The molecule has 1 aromatic carbocycles. The number of hydrogen-bond donors (Lipinski definition) is 3. The van der Waals surface area contributed by atoms with E-state index in [-0.39, 0.29) is 25.7 Å². The number of methoxy groups -OCH3 is 1. The van der Waals surface area contributed by atoms with Crippen LogP contribution in [-0.2, 0) is 9.53 Å². The van der Waals surface area contributed by atoms with Gasteiger partial charge in [-0.3, -0.25) is 4.79 Å². The predicted octanol–water partition coefficient (Wildman–Crippen LogP) is 0.225. The summed E-state index contributed by atoms with van der Waals surface area (Å²) < 4.78 is 9.86. The number of amides is 1. The Balaban J connectivity index is 2.53. The molecular formula is C11H16N2O4. The molecule has 6 heteroatoms. The second-order valence-electron chi connectivity index (χ2n) is 3.28. The van der Waals surface area contributed by atoms with Crippen LogP contribution < -0.4 is 15.8 Å². The van der Waals surface area contributed by atoms with Gasteiger partial charge in [0.05, 0.1) is 31.7 Å². The number of ether oxygens (including phenoxy) is 2. The highest BCUT2D eigenvalue weighted by atomic mass is 16.5. The van der Waals surface area contributed by atoms with E-state index in [0.717, 1.165) is 0 Å². The molecule has 0 atom stereocenters. The van der Waals surface area contributed by atoms with Crippen LogP contribution in [0.2, 0.25) is 0 Å². The van der Waals surface area contributed by atoms with Gasteiger partial charge in [0.2, 0.25) is 5.91 Å². The Kier molecular flexibility index (Phi) is 5.25. The van der Waals surface area contributed by atoms with Gasteiger partial charge in [-0.15, -0.1) is 0 Å². The van der Waals surface area contributed by atoms with Crippen molar-refractivity contribution in [1.29, 1.82) is 0 Å². The molecular weight excluding hydrogens is 224 g/mol. The van der Waals surface area contributed by atoms with Crippen LogP contribution in [0.4, 0.5) is 11.4 Å². The summed E-state index contributed by atoms with van der Waals surface area (Å²) in [4.78, 5) is 11.4. The maximum atomic E-state index is 11.4. The van der Waals surface area contributed by atoms with Gasteiger partial charge in [0, 0.05) is 6.07 Å². The fraction of sp³-hybridized carbons (Fsp3) is 0.364. The fourth-order valence-electron chi connectivity index (χ4n) is 1.20. The van der Waals surface area contributed by atoms with E-state index in [9.17, 15) is 4.79 Å². The highest BCUT2D eigenvalue weighted by Crippen LogP contribution is 2.23. The Morgan fingerprint density at radius 1 is 1.53 bits per heavy atom. The molecule has 0 saturated carbocycles. The van der Waals surface area contributed by atoms with Crippen molar-refractivity contribution in [3.8, 4) is 5.75 Å². The molecule has 1 aromatic rings.